The lowest BCUT2D eigenvalue weighted by Crippen LogP contribution is -2.49. The molecule has 4 nitrogen and oxygen atoms in total. The minimum atomic E-state index is -0.410. The number of halogens is 1. The molecule has 0 spiro atoms. The number of carbonyl (C=O) groups is 1. The van der Waals surface area contributed by atoms with Gasteiger partial charge in [-0.25, -0.2) is 4.39 Å². The number of carbonyl (C=O) groups excluding carboxylic acids is 1. The molecular weight excluding hydrogens is 365 g/mol. The summed E-state index contributed by atoms with van der Waals surface area (Å²) in [6, 6.07) is 13.7. The molecule has 0 bridgehead atoms. The SMILES string of the molecule is CN1CCN2c3c(cccc31)[C@@H]1CN(CCCC(=O)c3ccccc3F)CC[C@@H]12. The van der Waals surface area contributed by atoms with E-state index in [0.29, 0.717) is 18.4 Å². The van der Waals surface area contributed by atoms with Crippen LogP contribution in [0.4, 0.5) is 15.8 Å². The number of likely N-dealkylation sites (N-methyl/N-ethyl adjacent to an activating group) is 1. The van der Waals surface area contributed by atoms with Gasteiger partial charge in [0.25, 0.3) is 0 Å². The van der Waals surface area contributed by atoms with Gasteiger partial charge in [0.2, 0.25) is 0 Å². The molecule has 3 heterocycles. The summed E-state index contributed by atoms with van der Waals surface area (Å²) in [5, 5.41) is 0. The molecule has 29 heavy (non-hydrogen) atoms. The van der Waals surface area contributed by atoms with Gasteiger partial charge in [0.15, 0.2) is 5.78 Å². The lowest BCUT2D eigenvalue weighted by Gasteiger charge is -2.41. The average Bonchev–Trinajstić information content (AvgIpc) is 3.05. The second-order valence-electron chi connectivity index (χ2n) is 8.60. The predicted octanol–water partition coefficient (Wildman–Crippen LogP) is 3.92. The Kier molecular flexibility index (Phi) is 4.78. The second kappa shape index (κ2) is 7.45. The fourth-order valence-corrected chi connectivity index (χ4v) is 5.46. The Hall–Kier alpha value is -2.40. The molecule has 0 aliphatic carbocycles. The van der Waals surface area contributed by atoms with Gasteiger partial charge in [-0.3, -0.25) is 4.79 Å². The summed E-state index contributed by atoms with van der Waals surface area (Å²) in [5.74, 6) is 0.0497. The van der Waals surface area contributed by atoms with Gasteiger partial charge in [-0.05, 0) is 43.1 Å². The lowest BCUT2D eigenvalue weighted by molar-refractivity contribution is 0.0967. The first-order valence-electron chi connectivity index (χ1n) is 10.7. The van der Waals surface area contributed by atoms with E-state index in [4.69, 9.17) is 0 Å². The second-order valence-corrected chi connectivity index (χ2v) is 8.60. The molecular formula is C24H28FN3O. The molecule has 5 rings (SSSR count). The number of ketones is 1. The minimum Gasteiger partial charge on any atom is -0.371 e. The third kappa shape index (κ3) is 3.21. The first-order valence-corrected chi connectivity index (χ1v) is 10.7. The van der Waals surface area contributed by atoms with Crippen LogP contribution >= 0.6 is 0 Å². The van der Waals surface area contributed by atoms with Crippen molar-refractivity contribution in [1.82, 2.24) is 4.90 Å². The summed E-state index contributed by atoms with van der Waals surface area (Å²) < 4.78 is 13.8. The van der Waals surface area contributed by atoms with E-state index in [-0.39, 0.29) is 11.3 Å². The van der Waals surface area contributed by atoms with Gasteiger partial charge < -0.3 is 14.7 Å². The highest BCUT2D eigenvalue weighted by Gasteiger charge is 2.44. The maximum Gasteiger partial charge on any atom is 0.165 e. The van der Waals surface area contributed by atoms with Gasteiger partial charge in [0.05, 0.1) is 16.9 Å². The third-order valence-corrected chi connectivity index (χ3v) is 6.93. The quantitative estimate of drug-likeness (QED) is 0.720. The first-order chi connectivity index (χ1) is 14.1. The molecule has 1 fully saturated rings. The van der Waals surface area contributed by atoms with E-state index in [0.717, 1.165) is 39.1 Å². The molecule has 3 aliphatic heterocycles. The predicted molar refractivity (Wildman–Crippen MR) is 115 cm³/mol. The van der Waals surface area contributed by atoms with Crippen molar-refractivity contribution < 1.29 is 9.18 Å². The van der Waals surface area contributed by atoms with Crippen LogP contribution in [0.5, 0.6) is 0 Å². The smallest absolute Gasteiger partial charge is 0.165 e. The van der Waals surface area contributed by atoms with Crippen molar-refractivity contribution in [1.29, 1.82) is 0 Å². The maximum absolute atomic E-state index is 13.8. The zero-order chi connectivity index (χ0) is 20.0. The largest absolute Gasteiger partial charge is 0.371 e. The van der Waals surface area contributed by atoms with Gasteiger partial charge >= 0.3 is 0 Å². The number of Topliss-reactive ketones (excluding diaryl/α,β-unsaturated/α-hetero) is 1. The van der Waals surface area contributed by atoms with Crippen LogP contribution in [-0.2, 0) is 0 Å². The number of nitrogens with zero attached hydrogens (tertiary/aromatic N) is 3. The molecule has 2 aromatic carbocycles. The molecule has 0 unspecified atom stereocenters. The maximum atomic E-state index is 13.8. The topological polar surface area (TPSA) is 26.8 Å². The molecule has 152 valence electrons. The summed E-state index contributed by atoms with van der Waals surface area (Å²) in [7, 11) is 2.19. The zero-order valence-corrected chi connectivity index (χ0v) is 17.0. The highest BCUT2D eigenvalue weighted by molar-refractivity contribution is 5.96. The van der Waals surface area contributed by atoms with E-state index >= 15 is 0 Å². The number of piperidine rings is 1. The fourth-order valence-electron chi connectivity index (χ4n) is 5.46. The fraction of sp³-hybridized carbons (Fsp3) is 0.458. The number of benzene rings is 2. The molecule has 0 saturated carbocycles. The number of fused-ring (bicyclic) bond motifs is 3. The third-order valence-electron chi connectivity index (χ3n) is 6.93. The summed E-state index contributed by atoms with van der Waals surface area (Å²) in [4.78, 5) is 19.9. The molecule has 0 N–H and O–H groups in total. The molecule has 3 aliphatic rings. The van der Waals surface area contributed by atoms with Gasteiger partial charge in [-0.2, -0.15) is 0 Å². The van der Waals surface area contributed by atoms with Gasteiger partial charge in [-0.1, -0.05) is 24.3 Å². The summed E-state index contributed by atoms with van der Waals surface area (Å²) >= 11 is 0. The number of rotatable bonds is 5. The van der Waals surface area contributed by atoms with Crippen molar-refractivity contribution in [2.24, 2.45) is 0 Å². The van der Waals surface area contributed by atoms with E-state index in [2.05, 4.69) is 39.9 Å². The van der Waals surface area contributed by atoms with Crippen molar-refractivity contribution >= 4 is 17.2 Å². The summed E-state index contributed by atoms with van der Waals surface area (Å²) in [6.45, 7) is 5.22. The summed E-state index contributed by atoms with van der Waals surface area (Å²) in [5.41, 5.74) is 4.53. The van der Waals surface area contributed by atoms with Crippen LogP contribution in [0, 0.1) is 5.82 Å². The molecule has 0 amide bonds. The van der Waals surface area contributed by atoms with Crippen molar-refractivity contribution in [3.8, 4) is 0 Å². The zero-order valence-electron chi connectivity index (χ0n) is 17.0. The average molecular weight is 394 g/mol. The Morgan fingerprint density at radius 3 is 2.83 bits per heavy atom. The Labute approximate surface area is 171 Å². The number of likely N-dealkylation sites (tertiary alicyclic amines) is 1. The number of hydrogen-bond donors (Lipinski definition) is 0. The molecule has 0 radical (unpaired) electrons. The monoisotopic (exact) mass is 393 g/mol. The Morgan fingerprint density at radius 2 is 1.97 bits per heavy atom. The van der Waals surface area contributed by atoms with Crippen molar-refractivity contribution in [2.45, 2.75) is 31.2 Å². The standard InChI is InChI=1S/C24H28FN3O/c1-26-14-15-28-21-11-13-27(16-19(21)17-7-4-9-22(26)24(17)28)12-5-10-23(29)18-6-2-3-8-20(18)25/h2-4,6-9,19,21H,5,10-16H2,1H3/t19-,21-/m0/s1. The number of hydrogen-bond acceptors (Lipinski definition) is 4. The van der Waals surface area contributed by atoms with Crippen molar-refractivity contribution in [3.05, 3.63) is 59.4 Å². The molecule has 0 aromatic heterocycles. The van der Waals surface area contributed by atoms with E-state index in [1.165, 1.54) is 29.4 Å². The van der Waals surface area contributed by atoms with E-state index in [1.807, 2.05) is 0 Å². The molecule has 2 atom stereocenters. The van der Waals surface area contributed by atoms with Crippen LogP contribution in [0.3, 0.4) is 0 Å². The van der Waals surface area contributed by atoms with Crippen LogP contribution in [-0.4, -0.2) is 56.5 Å². The summed E-state index contributed by atoms with van der Waals surface area (Å²) in [6.07, 6.45) is 2.36. The van der Waals surface area contributed by atoms with Crippen LogP contribution in [0.1, 0.15) is 41.1 Å². The van der Waals surface area contributed by atoms with Crippen molar-refractivity contribution in [2.75, 3.05) is 49.6 Å². The van der Waals surface area contributed by atoms with Gasteiger partial charge in [-0.15, -0.1) is 0 Å². The van der Waals surface area contributed by atoms with Gasteiger partial charge in [0, 0.05) is 51.6 Å². The number of para-hydroxylation sites is 1. The van der Waals surface area contributed by atoms with Crippen LogP contribution < -0.4 is 9.80 Å². The molecule has 5 heteroatoms. The van der Waals surface area contributed by atoms with Crippen LogP contribution in [0.25, 0.3) is 0 Å². The highest BCUT2D eigenvalue weighted by atomic mass is 19.1. The number of anilines is 2. The van der Waals surface area contributed by atoms with E-state index in [9.17, 15) is 9.18 Å². The normalized spacial score (nSPS) is 23.1. The lowest BCUT2D eigenvalue weighted by atomic mass is 9.89. The highest BCUT2D eigenvalue weighted by Crippen LogP contribution is 2.50. The van der Waals surface area contributed by atoms with Crippen LogP contribution in [0.2, 0.25) is 0 Å². The van der Waals surface area contributed by atoms with Crippen LogP contribution in [0.15, 0.2) is 42.5 Å². The Bertz CT molecular complexity index is 930. The molecule has 1 saturated heterocycles. The first kappa shape index (κ1) is 18.6. The van der Waals surface area contributed by atoms with E-state index in [1.54, 1.807) is 18.2 Å². The Balaban J connectivity index is 1.23. The minimum absolute atomic E-state index is 0.0889. The molecule has 2 aromatic rings. The van der Waals surface area contributed by atoms with Gasteiger partial charge in [0.1, 0.15) is 5.82 Å². The Morgan fingerprint density at radius 1 is 1.10 bits per heavy atom. The van der Waals surface area contributed by atoms with E-state index < -0.39 is 5.82 Å². The van der Waals surface area contributed by atoms with Crippen molar-refractivity contribution in [3.63, 3.8) is 0 Å².